The minimum Gasteiger partial charge on any atom is -0.508 e. The molecule has 0 heterocycles. The van der Waals surface area contributed by atoms with Gasteiger partial charge in [-0.05, 0) is 24.3 Å². The Balaban J connectivity index is 2.81. The third-order valence-corrected chi connectivity index (χ3v) is 1.37. The summed E-state index contributed by atoms with van der Waals surface area (Å²) in [6.45, 7) is 0. The van der Waals surface area contributed by atoms with Crippen LogP contribution in [0, 0.1) is 0 Å². The molecule has 0 saturated carbocycles. The molecule has 60 valence electrons. The maximum atomic E-state index is 8.93. The molecule has 0 aliphatic carbocycles. The highest BCUT2D eigenvalue weighted by atomic mass is 16.3. The topological polar surface area (TPSA) is 61.5 Å². The van der Waals surface area contributed by atoms with Gasteiger partial charge in [0.15, 0.2) is 0 Å². The van der Waals surface area contributed by atoms with Gasteiger partial charge in [0.1, 0.15) is 5.75 Å². The molecule has 0 aliphatic rings. The van der Waals surface area contributed by atoms with Crippen molar-refractivity contribution in [3.8, 4) is 5.75 Å². The minimum absolute atomic E-state index is 0.234. The number of nitrogens with one attached hydrogen (secondary N) is 1. The zero-order valence-corrected chi connectivity index (χ0v) is 6.28. The van der Waals surface area contributed by atoms with Crippen LogP contribution in [0.3, 0.4) is 0 Å². The molecule has 4 N–H and O–H groups in total. The molecule has 1 rings (SSSR count). The molecule has 0 radical (unpaired) electrons. The molecule has 1 aromatic carbocycles. The molecule has 1 aromatic rings. The van der Waals surface area contributed by atoms with Crippen molar-refractivity contribution < 1.29 is 5.11 Å². The van der Waals surface area contributed by atoms with Gasteiger partial charge in [-0.15, -0.1) is 0 Å². The van der Waals surface area contributed by atoms with Crippen LogP contribution in [0.2, 0.25) is 0 Å². The van der Waals surface area contributed by atoms with Crippen LogP contribution in [0.25, 0.3) is 0 Å². The number of benzene rings is 1. The number of rotatable bonds is 2. The number of phenols is 1. The second kappa shape index (κ2) is 3.23. The quantitative estimate of drug-likeness (QED) is 0.420. The summed E-state index contributed by atoms with van der Waals surface area (Å²) in [6.07, 6.45) is 0. The number of hydrogen-bond donors (Lipinski definition) is 3. The maximum absolute atomic E-state index is 8.93. The number of aromatic hydroxyl groups is 1. The molecular formula is C7H11N3O. The largest absolute Gasteiger partial charge is 0.508 e. The minimum atomic E-state index is 0.234. The lowest BCUT2D eigenvalue weighted by molar-refractivity contribution is 0.475. The average molecular weight is 153 g/mol. The fourth-order valence-corrected chi connectivity index (χ4v) is 0.742. The molecule has 11 heavy (non-hydrogen) atoms. The van der Waals surface area contributed by atoms with Crippen LogP contribution in [0.1, 0.15) is 0 Å². The van der Waals surface area contributed by atoms with Gasteiger partial charge in [0.25, 0.3) is 0 Å². The third kappa shape index (κ3) is 1.83. The second-order valence-electron chi connectivity index (χ2n) is 2.11. The summed E-state index contributed by atoms with van der Waals surface area (Å²) < 4.78 is 0. The summed E-state index contributed by atoms with van der Waals surface area (Å²) in [5.41, 5.74) is 3.53. The standard InChI is InChI=1S/C7H11N3O/c1-9-10(8)6-2-4-7(11)5-3-6/h2-5,9,11H,8H2,1H3. The highest BCUT2D eigenvalue weighted by molar-refractivity contribution is 5.46. The molecule has 0 amide bonds. The van der Waals surface area contributed by atoms with Crippen LogP contribution in [0.4, 0.5) is 5.69 Å². The summed E-state index contributed by atoms with van der Waals surface area (Å²) >= 11 is 0. The zero-order chi connectivity index (χ0) is 8.27. The van der Waals surface area contributed by atoms with Gasteiger partial charge < -0.3 is 5.11 Å². The average Bonchev–Trinajstić information content (AvgIpc) is 2.05. The Labute approximate surface area is 65.2 Å². The van der Waals surface area contributed by atoms with E-state index in [1.165, 1.54) is 5.12 Å². The number of nitrogens with zero attached hydrogens (tertiary/aromatic N) is 1. The van der Waals surface area contributed by atoms with E-state index in [1.54, 1.807) is 31.3 Å². The van der Waals surface area contributed by atoms with E-state index in [0.717, 1.165) is 5.69 Å². The molecule has 0 fully saturated rings. The molecule has 0 aliphatic heterocycles. The maximum Gasteiger partial charge on any atom is 0.115 e. The molecule has 0 bridgehead atoms. The summed E-state index contributed by atoms with van der Waals surface area (Å²) in [4.78, 5) is 0. The van der Waals surface area contributed by atoms with Gasteiger partial charge in [-0.25, -0.2) is 16.4 Å². The molecular weight excluding hydrogens is 142 g/mol. The fraction of sp³-hybridized carbons (Fsp3) is 0.143. The Bertz CT molecular complexity index is 222. The van der Waals surface area contributed by atoms with Gasteiger partial charge in [0, 0.05) is 7.05 Å². The second-order valence-corrected chi connectivity index (χ2v) is 2.11. The first kappa shape index (κ1) is 7.84. The van der Waals surface area contributed by atoms with E-state index in [4.69, 9.17) is 10.9 Å². The van der Waals surface area contributed by atoms with E-state index in [-0.39, 0.29) is 5.75 Å². The summed E-state index contributed by atoms with van der Waals surface area (Å²) in [6, 6.07) is 6.58. The summed E-state index contributed by atoms with van der Waals surface area (Å²) in [5.74, 6) is 5.72. The van der Waals surface area contributed by atoms with E-state index >= 15 is 0 Å². The van der Waals surface area contributed by atoms with E-state index in [0.29, 0.717) is 0 Å². The highest BCUT2D eigenvalue weighted by Crippen LogP contribution is 2.14. The van der Waals surface area contributed by atoms with E-state index in [1.807, 2.05) is 0 Å². The van der Waals surface area contributed by atoms with E-state index in [2.05, 4.69) is 5.43 Å². The predicted octanol–water partition coefficient (Wildman–Crippen LogP) is 0.207. The number of nitrogens with two attached hydrogens (primary N) is 1. The lowest BCUT2D eigenvalue weighted by Crippen LogP contribution is -2.41. The number of hydrogen-bond acceptors (Lipinski definition) is 4. The van der Waals surface area contributed by atoms with Crippen LogP contribution in [0.15, 0.2) is 24.3 Å². The highest BCUT2D eigenvalue weighted by Gasteiger charge is 1.96. The van der Waals surface area contributed by atoms with Gasteiger partial charge in [-0.2, -0.15) is 0 Å². The van der Waals surface area contributed by atoms with Crippen LogP contribution in [0.5, 0.6) is 5.75 Å². The Morgan fingerprint density at radius 1 is 1.36 bits per heavy atom. The van der Waals surface area contributed by atoms with Crippen LogP contribution < -0.4 is 16.4 Å². The van der Waals surface area contributed by atoms with Crippen molar-refractivity contribution in [3.05, 3.63) is 24.3 Å². The SMILES string of the molecule is CNN(N)c1ccc(O)cc1. The normalized spacial score (nSPS) is 9.64. The first-order chi connectivity index (χ1) is 5.24. The van der Waals surface area contributed by atoms with E-state index < -0.39 is 0 Å². The van der Waals surface area contributed by atoms with Gasteiger partial charge in [-0.3, -0.25) is 0 Å². The van der Waals surface area contributed by atoms with Crippen LogP contribution in [-0.2, 0) is 0 Å². The Morgan fingerprint density at radius 2 is 1.91 bits per heavy atom. The molecule has 0 saturated heterocycles. The fourth-order valence-electron chi connectivity index (χ4n) is 0.742. The molecule has 4 nitrogen and oxygen atoms in total. The van der Waals surface area contributed by atoms with Crippen molar-refractivity contribution >= 4 is 5.69 Å². The van der Waals surface area contributed by atoms with Crippen LogP contribution >= 0.6 is 0 Å². The lowest BCUT2D eigenvalue weighted by Gasteiger charge is -2.15. The Kier molecular flexibility index (Phi) is 2.30. The molecule has 4 heteroatoms. The van der Waals surface area contributed by atoms with Crippen molar-refractivity contribution in [3.63, 3.8) is 0 Å². The van der Waals surface area contributed by atoms with Crippen molar-refractivity contribution in [1.29, 1.82) is 0 Å². The monoisotopic (exact) mass is 153 g/mol. The van der Waals surface area contributed by atoms with Crippen molar-refractivity contribution in [2.24, 2.45) is 5.84 Å². The zero-order valence-electron chi connectivity index (χ0n) is 6.28. The third-order valence-electron chi connectivity index (χ3n) is 1.37. The van der Waals surface area contributed by atoms with E-state index in [9.17, 15) is 0 Å². The van der Waals surface area contributed by atoms with Gasteiger partial charge in [0.2, 0.25) is 0 Å². The summed E-state index contributed by atoms with van der Waals surface area (Å²) in [5, 5.41) is 10.3. The first-order valence-electron chi connectivity index (χ1n) is 3.25. The first-order valence-corrected chi connectivity index (χ1v) is 3.25. The van der Waals surface area contributed by atoms with Crippen molar-refractivity contribution in [1.82, 2.24) is 5.43 Å². The molecule has 0 unspecified atom stereocenters. The number of hydrazine groups is 2. The van der Waals surface area contributed by atoms with Crippen molar-refractivity contribution in [2.75, 3.05) is 12.2 Å². The smallest absolute Gasteiger partial charge is 0.115 e. The van der Waals surface area contributed by atoms with Gasteiger partial charge in [0.05, 0.1) is 5.69 Å². The number of phenolic OH excluding ortho intramolecular Hbond substituents is 1. The Hall–Kier alpha value is -1.26. The summed E-state index contributed by atoms with van der Waals surface area (Å²) in [7, 11) is 1.72. The molecule has 0 atom stereocenters. The Morgan fingerprint density at radius 3 is 2.36 bits per heavy atom. The molecule has 0 aromatic heterocycles. The van der Waals surface area contributed by atoms with Gasteiger partial charge >= 0.3 is 0 Å². The predicted molar refractivity (Wildman–Crippen MR) is 43.8 cm³/mol. The van der Waals surface area contributed by atoms with Crippen molar-refractivity contribution in [2.45, 2.75) is 0 Å². The molecule has 0 spiro atoms. The number of anilines is 1. The van der Waals surface area contributed by atoms with Crippen LogP contribution in [-0.4, -0.2) is 12.2 Å². The lowest BCUT2D eigenvalue weighted by atomic mass is 10.3. The van der Waals surface area contributed by atoms with Gasteiger partial charge in [-0.1, -0.05) is 0 Å².